The summed E-state index contributed by atoms with van der Waals surface area (Å²) >= 11 is 4.96. The van der Waals surface area contributed by atoms with Crippen molar-refractivity contribution in [2.75, 3.05) is 21.3 Å². The van der Waals surface area contributed by atoms with Gasteiger partial charge in [-0.1, -0.05) is 47.7 Å². The molecule has 8 heteroatoms. The molecule has 0 spiro atoms. The minimum absolute atomic E-state index is 0.0640. The number of ether oxygens (including phenoxy) is 3. The van der Waals surface area contributed by atoms with Gasteiger partial charge in [0.25, 0.3) is 5.56 Å². The van der Waals surface area contributed by atoms with Crippen LogP contribution in [0.4, 0.5) is 0 Å². The molecule has 1 atom stereocenters. The molecule has 4 aromatic rings. The van der Waals surface area contributed by atoms with Crippen LogP contribution >= 0.6 is 27.3 Å². The number of thiazole rings is 1. The standard InChI is InChI=1S/C30H25BrN2O4S/c1-35-20-11-8-19(9-12-20)27-22-13-10-18-6-4-5-7-21(18)26(22)32-30-33(27)29(34)25(38-30)16-17-14-23(31)28(37-3)24(15-17)36-2/h4-9,11-12,14-16,27H,10,13H2,1-3H3/b25-16+/t27-/m0/s1. The lowest BCUT2D eigenvalue weighted by Gasteiger charge is -2.30. The molecule has 0 amide bonds. The molecular weight excluding hydrogens is 564 g/mol. The molecule has 3 aromatic carbocycles. The van der Waals surface area contributed by atoms with E-state index >= 15 is 0 Å². The molecule has 0 radical (unpaired) electrons. The van der Waals surface area contributed by atoms with E-state index in [2.05, 4.69) is 40.2 Å². The van der Waals surface area contributed by atoms with Gasteiger partial charge in [0.2, 0.25) is 0 Å². The number of fused-ring (bicyclic) bond motifs is 3. The second-order valence-electron chi connectivity index (χ2n) is 9.13. The fourth-order valence-electron chi connectivity index (χ4n) is 5.28. The van der Waals surface area contributed by atoms with Gasteiger partial charge in [-0.15, -0.1) is 0 Å². The van der Waals surface area contributed by atoms with E-state index in [1.54, 1.807) is 21.3 Å². The highest BCUT2D eigenvalue weighted by Gasteiger charge is 2.32. The Morgan fingerprint density at radius 2 is 1.79 bits per heavy atom. The van der Waals surface area contributed by atoms with Crippen LogP contribution in [-0.2, 0) is 6.42 Å². The number of aromatic nitrogens is 1. The normalized spacial score (nSPS) is 16.3. The maximum Gasteiger partial charge on any atom is 0.271 e. The van der Waals surface area contributed by atoms with Crippen molar-refractivity contribution in [2.45, 2.75) is 18.9 Å². The van der Waals surface area contributed by atoms with Crippen molar-refractivity contribution in [3.8, 4) is 17.2 Å². The van der Waals surface area contributed by atoms with E-state index in [9.17, 15) is 4.79 Å². The maximum atomic E-state index is 14.0. The summed E-state index contributed by atoms with van der Waals surface area (Å²) in [6, 6.07) is 20.0. The van der Waals surface area contributed by atoms with E-state index in [0.29, 0.717) is 20.8 Å². The molecule has 0 N–H and O–H groups in total. The molecule has 1 aromatic heterocycles. The van der Waals surface area contributed by atoms with E-state index in [0.717, 1.165) is 45.5 Å². The van der Waals surface area contributed by atoms with Crippen molar-refractivity contribution in [1.29, 1.82) is 0 Å². The largest absolute Gasteiger partial charge is 0.497 e. The molecule has 2 heterocycles. The summed E-state index contributed by atoms with van der Waals surface area (Å²) < 4.78 is 19.6. The fraction of sp³-hybridized carbons (Fsp3) is 0.200. The van der Waals surface area contributed by atoms with Gasteiger partial charge < -0.3 is 14.2 Å². The maximum absolute atomic E-state index is 14.0. The number of nitrogens with zero attached hydrogens (tertiary/aromatic N) is 2. The second-order valence-corrected chi connectivity index (χ2v) is 11.0. The second kappa shape index (κ2) is 9.93. The first kappa shape index (κ1) is 24.7. The molecule has 0 saturated carbocycles. The fourth-order valence-corrected chi connectivity index (χ4v) is 6.90. The third-order valence-electron chi connectivity index (χ3n) is 7.06. The van der Waals surface area contributed by atoms with Gasteiger partial charge in [-0.3, -0.25) is 9.36 Å². The number of rotatable bonds is 5. The molecule has 38 heavy (non-hydrogen) atoms. The number of hydrogen-bond acceptors (Lipinski definition) is 6. The molecule has 0 unspecified atom stereocenters. The van der Waals surface area contributed by atoms with Gasteiger partial charge in [0.15, 0.2) is 16.3 Å². The number of methoxy groups -OCH3 is 3. The van der Waals surface area contributed by atoms with Crippen LogP contribution in [0.5, 0.6) is 17.2 Å². The summed E-state index contributed by atoms with van der Waals surface area (Å²) in [5.74, 6) is 1.98. The Balaban J connectivity index is 1.58. The van der Waals surface area contributed by atoms with E-state index < -0.39 is 0 Å². The van der Waals surface area contributed by atoms with Crippen molar-refractivity contribution in [2.24, 2.45) is 4.99 Å². The van der Waals surface area contributed by atoms with Crippen molar-refractivity contribution < 1.29 is 14.2 Å². The predicted octanol–water partition coefficient (Wildman–Crippen LogP) is 5.11. The Bertz CT molecular complexity index is 1770. The van der Waals surface area contributed by atoms with Crippen molar-refractivity contribution in [3.63, 3.8) is 0 Å². The molecule has 192 valence electrons. The molecule has 1 aliphatic carbocycles. The first-order chi connectivity index (χ1) is 18.5. The zero-order chi connectivity index (χ0) is 26.4. The topological polar surface area (TPSA) is 62.0 Å². The van der Waals surface area contributed by atoms with E-state index in [-0.39, 0.29) is 11.6 Å². The van der Waals surface area contributed by atoms with Crippen LogP contribution in [0.2, 0.25) is 0 Å². The minimum Gasteiger partial charge on any atom is -0.497 e. The van der Waals surface area contributed by atoms with Crippen LogP contribution in [0, 0.1) is 0 Å². The van der Waals surface area contributed by atoms with Crippen LogP contribution in [0.15, 0.2) is 80.5 Å². The summed E-state index contributed by atoms with van der Waals surface area (Å²) in [6.45, 7) is 0. The van der Waals surface area contributed by atoms with Gasteiger partial charge in [0.05, 0.1) is 42.1 Å². The lowest BCUT2D eigenvalue weighted by molar-refractivity contribution is 0.353. The van der Waals surface area contributed by atoms with E-state index in [1.807, 2.05) is 47.0 Å². The van der Waals surface area contributed by atoms with Crippen molar-refractivity contribution in [1.82, 2.24) is 4.57 Å². The highest BCUT2D eigenvalue weighted by atomic mass is 79.9. The average Bonchev–Trinajstić information content (AvgIpc) is 3.25. The zero-order valence-electron chi connectivity index (χ0n) is 21.2. The minimum atomic E-state index is -0.236. The molecular formula is C30H25BrN2O4S. The first-order valence-electron chi connectivity index (χ1n) is 12.2. The monoisotopic (exact) mass is 588 g/mol. The zero-order valence-corrected chi connectivity index (χ0v) is 23.6. The Kier molecular flexibility index (Phi) is 6.45. The Morgan fingerprint density at radius 1 is 1.00 bits per heavy atom. The molecule has 1 aliphatic heterocycles. The number of allylic oxidation sites excluding steroid dienone is 1. The Labute approximate surface area is 232 Å². The van der Waals surface area contributed by atoms with Crippen LogP contribution in [0.3, 0.4) is 0 Å². The summed E-state index contributed by atoms with van der Waals surface area (Å²) in [4.78, 5) is 19.7. The van der Waals surface area contributed by atoms with Gasteiger partial charge in [-0.25, -0.2) is 4.99 Å². The third kappa shape index (κ3) is 4.08. The Morgan fingerprint density at radius 3 is 2.53 bits per heavy atom. The van der Waals surface area contributed by atoms with Crippen LogP contribution in [0.25, 0.3) is 11.8 Å². The van der Waals surface area contributed by atoms with E-state index in [4.69, 9.17) is 19.2 Å². The smallest absolute Gasteiger partial charge is 0.271 e. The van der Waals surface area contributed by atoms with Crippen LogP contribution in [-0.4, -0.2) is 25.9 Å². The number of hydrogen-bond donors (Lipinski definition) is 0. The first-order valence-corrected chi connectivity index (χ1v) is 13.8. The molecule has 0 saturated heterocycles. The van der Waals surface area contributed by atoms with Gasteiger partial charge >= 0.3 is 0 Å². The average molecular weight is 590 g/mol. The predicted molar refractivity (Wildman–Crippen MR) is 153 cm³/mol. The quantitative estimate of drug-likeness (QED) is 0.325. The molecule has 0 bridgehead atoms. The summed E-state index contributed by atoms with van der Waals surface area (Å²) in [7, 11) is 4.85. The molecule has 6 nitrogen and oxygen atoms in total. The number of benzene rings is 3. The molecule has 0 fully saturated rings. The van der Waals surface area contributed by atoms with Crippen LogP contribution in [0.1, 0.15) is 34.7 Å². The van der Waals surface area contributed by atoms with Crippen molar-refractivity contribution in [3.05, 3.63) is 113 Å². The van der Waals surface area contributed by atoms with Crippen molar-refractivity contribution >= 4 is 39.0 Å². The molecule has 6 rings (SSSR count). The lowest BCUT2D eigenvalue weighted by atomic mass is 9.83. The van der Waals surface area contributed by atoms with Gasteiger partial charge in [-0.05, 0) is 81.4 Å². The lowest BCUT2D eigenvalue weighted by Crippen LogP contribution is -2.38. The van der Waals surface area contributed by atoms with Gasteiger partial charge in [0, 0.05) is 5.56 Å². The summed E-state index contributed by atoms with van der Waals surface area (Å²) in [5.41, 5.74) is 6.39. The van der Waals surface area contributed by atoms with Gasteiger partial charge in [0.1, 0.15) is 5.75 Å². The molecule has 2 aliphatic rings. The number of halogens is 1. The Hall–Kier alpha value is -3.62. The number of aryl methyl sites for hydroxylation is 1. The highest BCUT2D eigenvalue weighted by Crippen LogP contribution is 2.41. The summed E-state index contributed by atoms with van der Waals surface area (Å²) in [6.07, 6.45) is 3.65. The highest BCUT2D eigenvalue weighted by molar-refractivity contribution is 9.10. The third-order valence-corrected chi connectivity index (χ3v) is 8.63. The van der Waals surface area contributed by atoms with Crippen LogP contribution < -0.4 is 29.1 Å². The SMILES string of the molecule is COc1ccc([C@H]2C3=C(N=c4s/c(=C/c5cc(Br)c(OC)c(OC)c5)c(=O)n42)c2ccccc2CC3)cc1. The summed E-state index contributed by atoms with van der Waals surface area (Å²) in [5, 5.41) is 0. The van der Waals surface area contributed by atoms with Gasteiger partial charge in [-0.2, -0.15) is 0 Å². The van der Waals surface area contributed by atoms with E-state index in [1.165, 1.54) is 22.5 Å².